The molecule has 0 radical (unpaired) electrons. The maximum absolute atomic E-state index is 5.01. The van der Waals surface area contributed by atoms with Crippen LogP contribution < -0.4 is 0 Å². The van der Waals surface area contributed by atoms with Crippen molar-refractivity contribution < 1.29 is 21.8 Å². The van der Waals surface area contributed by atoms with Crippen molar-refractivity contribution in [3.8, 4) is 0 Å². The van der Waals surface area contributed by atoms with Crippen LogP contribution in [0.25, 0.3) is 0 Å². The molecule has 7 heteroatoms. The predicted molar refractivity (Wildman–Crippen MR) is 47.2 cm³/mol. The van der Waals surface area contributed by atoms with Crippen LogP contribution >= 0.6 is 37.2 Å². The van der Waals surface area contributed by atoms with E-state index in [0.29, 0.717) is 13.2 Å². The molecular formula is C4H10Cl4O2Ti. The first-order chi connectivity index (χ1) is 4.91. The molecule has 0 atom stereocenters. The van der Waals surface area contributed by atoms with E-state index in [-0.39, 0.29) is 0 Å². The van der Waals surface area contributed by atoms with Crippen molar-refractivity contribution in [2.24, 2.45) is 0 Å². The van der Waals surface area contributed by atoms with E-state index in [2.05, 4.69) is 9.47 Å². The van der Waals surface area contributed by atoms with Gasteiger partial charge in [0.25, 0.3) is 0 Å². The Morgan fingerprint density at radius 2 is 1.09 bits per heavy atom. The molecule has 0 bridgehead atoms. The predicted octanol–water partition coefficient (Wildman–Crippen LogP) is 3.03. The molecule has 0 fully saturated rings. The Bertz CT molecular complexity index is 67.0. The standard InChI is InChI=1S/C4H10O2.4ClH.Ti/c1-5-3-4-6-2;;;;;/h3-4H2,1-2H3;4*1H;/q;;;;;+4/p-4. The van der Waals surface area contributed by atoms with Gasteiger partial charge in [-0.05, 0) is 0 Å². The third kappa shape index (κ3) is 49.2. The molecule has 0 saturated carbocycles. The molecule has 0 amide bonds. The van der Waals surface area contributed by atoms with Crippen LogP contribution in [0.2, 0.25) is 0 Å². The fourth-order valence-corrected chi connectivity index (χ4v) is 0.167. The monoisotopic (exact) mass is 278 g/mol. The molecule has 0 spiro atoms. The second-order valence-electron chi connectivity index (χ2n) is 1.41. The minimum absolute atomic E-state index is 0.691. The van der Waals surface area contributed by atoms with Crippen LogP contribution in [0.15, 0.2) is 0 Å². The van der Waals surface area contributed by atoms with Crippen molar-refractivity contribution in [1.29, 1.82) is 0 Å². The van der Waals surface area contributed by atoms with E-state index in [9.17, 15) is 0 Å². The minimum atomic E-state index is -3.11. The van der Waals surface area contributed by atoms with Crippen LogP contribution in [-0.4, -0.2) is 27.4 Å². The normalized spacial score (nSPS) is 10.4. The summed E-state index contributed by atoms with van der Waals surface area (Å²) in [7, 11) is 23.4. The number of halogens is 4. The Labute approximate surface area is 85.9 Å². The fraction of sp³-hybridized carbons (Fsp3) is 1.00. The summed E-state index contributed by atoms with van der Waals surface area (Å²) in [5, 5.41) is 0. The molecule has 0 heterocycles. The van der Waals surface area contributed by atoms with Gasteiger partial charge in [-0.15, -0.1) is 0 Å². The van der Waals surface area contributed by atoms with E-state index in [0.717, 1.165) is 0 Å². The Morgan fingerprint density at radius 1 is 0.909 bits per heavy atom. The van der Waals surface area contributed by atoms with Crippen molar-refractivity contribution in [3.63, 3.8) is 0 Å². The van der Waals surface area contributed by atoms with Crippen LogP contribution in [0.1, 0.15) is 0 Å². The zero-order chi connectivity index (χ0) is 9.33. The summed E-state index contributed by atoms with van der Waals surface area (Å²) < 4.78 is 9.31. The summed E-state index contributed by atoms with van der Waals surface area (Å²) in [6.45, 7) is 1.38. The van der Waals surface area contributed by atoms with Gasteiger partial charge < -0.3 is 9.47 Å². The van der Waals surface area contributed by atoms with Gasteiger partial charge in [-0.25, -0.2) is 0 Å². The van der Waals surface area contributed by atoms with Crippen molar-refractivity contribution in [2.75, 3.05) is 27.4 Å². The second kappa shape index (κ2) is 9.88. The Morgan fingerprint density at radius 3 is 1.18 bits per heavy atom. The molecule has 70 valence electrons. The van der Waals surface area contributed by atoms with Gasteiger partial charge in [0.15, 0.2) is 0 Å². The summed E-state index contributed by atoms with van der Waals surface area (Å²) in [4.78, 5) is 0. The van der Waals surface area contributed by atoms with Gasteiger partial charge in [-0.3, -0.25) is 0 Å². The Balaban J connectivity index is 0. The van der Waals surface area contributed by atoms with Crippen molar-refractivity contribution in [1.82, 2.24) is 0 Å². The van der Waals surface area contributed by atoms with E-state index >= 15 is 0 Å². The van der Waals surface area contributed by atoms with Crippen molar-refractivity contribution in [2.45, 2.75) is 0 Å². The summed E-state index contributed by atoms with van der Waals surface area (Å²) in [5.74, 6) is 0. The first-order valence-corrected chi connectivity index (χ1v) is 11.2. The van der Waals surface area contributed by atoms with Crippen LogP contribution in [0.4, 0.5) is 0 Å². The van der Waals surface area contributed by atoms with Gasteiger partial charge in [0, 0.05) is 14.2 Å². The van der Waals surface area contributed by atoms with E-state index in [1.165, 1.54) is 0 Å². The van der Waals surface area contributed by atoms with Gasteiger partial charge in [-0.2, -0.15) is 0 Å². The second-order valence-corrected chi connectivity index (χ2v) is 16.9. The molecule has 0 saturated heterocycles. The zero-order valence-corrected chi connectivity index (χ0v) is 10.8. The van der Waals surface area contributed by atoms with Gasteiger partial charge in [-0.1, -0.05) is 0 Å². The topological polar surface area (TPSA) is 18.5 Å². The van der Waals surface area contributed by atoms with E-state index < -0.39 is 12.3 Å². The average Bonchev–Trinajstić information content (AvgIpc) is 1.79. The van der Waals surface area contributed by atoms with Gasteiger partial charge in [0.1, 0.15) is 0 Å². The summed E-state index contributed by atoms with van der Waals surface area (Å²) >= 11 is -3.11. The first-order valence-electron chi connectivity index (χ1n) is 2.65. The number of rotatable bonds is 3. The molecule has 0 unspecified atom stereocenters. The third-order valence-corrected chi connectivity index (χ3v) is 0.492. The average molecular weight is 280 g/mol. The Hall–Kier alpha value is 1.79. The van der Waals surface area contributed by atoms with Crippen molar-refractivity contribution >= 4 is 37.2 Å². The van der Waals surface area contributed by atoms with E-state index in [1.54, 1.807) is 14.2 Å². The van der Waals surface area contributed by atoms with Gasteiger partial charge in [0.2, 0.25) is 0 Å². The van der Waals surface area contributed by atoms with E-state index in [1.807, 2.05) is 0 Å². The third-order valence-electron chi connectivity index (χ3n) is 0.492. The molecule has 0 N–H and O–H groups in total. The van der Waals surface area contributed by atoms with Crippen LogP contribution in [0, 0.1) is 0 Å². The molecule has 0 aliphatic heterocycles. The summed E-state index contributed by atoms with van der Waals surface area (Å²) in [6.07, 6.45) is 0. The number of methoxy groups -OCH3 is 2. The first kappa shape index (κ1) is 15.3. The van der Waals surface area contributed by atoms with E-state index in [4.69, 9.17) is 37.2 Å². The van der Waals surface area contributed by atoms with Crippen molar-refractivity contribution in [3.05, 3.63) is 0 Å². The van der Waals surface area contributed by atoms with Gasteiger partial charge in [0.05, 0.1) is 13.2 Å². The molecule has 0 rings (SSSR count). The van der Waals surface area contributed by atoms with Crippen LogP contribution in [0.5, 0.6) is 0 Å². The zero-order valence-electron chi connectivity index (χ0n) is 6.24. The SMILES string of the molecule is COCCOC.[Cl][Ti]([Cl])([Cl])[Cl]. The number of ether oxygens (including phenoxy) is 2. The molecule has 0 aliphatic carbocycles. The molecular weight excluding hydrogens is 270 g/mol. The summed E-state index contributed by atoms with van der Waals surface area (Å²) in [5.41, 5.74) is 0. The molecule has 0 aromatic rings. The molecule has 0 aromatic carbocycles. The number of hydrogen-bond acceptors (Lipinski definition) is 2. The number of hydrogen-bond donors (Lipinski definition) is 0. The van der Waals surface area contributed by atoms with Gasteiger partial charge >= 0.3 is 49.6 Å². The van der Waals surface area contributed by atoms with Crippen LogP contribution in [-0.2, 0) is 21.8 Å². The summed E-state index contributed by atoms with van der Waals surface area (Å²) in [6, 6.07) is 0. The molecule has 0 aliphatic rings. The maximum atomic E-state index is 5.01. The Kier molecular flexibility index (Phi) is 13.7. The van der Waals surface area contributed by atoms with Crippen LogP contribution in [0.3, 0.4) is 0 Å². The fourth-order valence-electron chi connectivity index (χ4n) is 0.167. The molecule has 0 aromatic heterocycles. The molecule has 2 nitrogen and oxygen atoms in total. The quantitative estimate of drug-likeness (QED) is 0.584. The molecule has 11 heavy (non-hydrogen) atoms.